The molecule has 0 aliphatic rings. The number of benzene rings is 1. The first-order valence-corrected chi connectivity index (χ1v) is 6.95. The quantitative estimate of drug-likeness (QED) is 0.629. The van der Waals surface area contributed by atoms with Crippen LogP contribution in [0.25, 0.3) is 0 Å². The Kier molecular flexibility index (Phi) is 4.87. The second kappa shape index (κ2) is 6.63. The average Bonchev–Trinajstić information content (AvgIpc) is 2.88. The van der Waals surface area contributed by atoms with E-state index >= 15 is 0 Å². The van der Waals surface area contributed by atoms with Crippen molar-refractivity contribution in [3.8, 4) is 0 Å². The van der Waals surface area contributed by atoms with Crippen molar-refractivity contribution in [3.63, 3.8) is 0 Å². The van der Waals surface area contributed by atoms with Crippen LogP contribution < -0.4 is 11.3 Å². The molecule has 20 heavy (non-hydrogen) atoms. The molecular formula is C15H21FN4. The Bertz CT molecular complexity index is 565. The predicted octanol–water partition coefficient (Wildman–Crippen LogP) is 2.35. The number of nitrogens with zero attached hydrogens (tertiary/aromatic N) is 2. The molecule has 1 unspecified atom stereocenters. The first kappa shape index (κ1) is 14.7. The Morgan fingerprint density at radius 2 is 2.15 bits per heavy atom. The molecule has 0 aliphatic heterocycles. The molecule has 0 spiro atoms. The van der Waals surface area contributed by atoms with Gasteiger partial charge in [0.1, 0.15) is 5.82 Å². The van der Waals surface area contributed by atoms with Crippen LogP contribution in [-0.2, 0) is 19.4 Å². The minimum absolute atomic E-state index is 0.0791. The number of hydrogen-bond donors (Lipinski definition) is 2. The molecule has 0 amide bonds. The minimum Gasteiger partial charge on any atom is -0.271 e. The standard InChI is InChI=1S/C15H21FN4/c1-3-13-10-15(20(4-2)19-13)14(18-17)9-11-6-5-7-12(16)8-11/h5-8,10,14,18H,3-4,9,17H2,1-2H3. The van der Waals surface area contributed by atoms with Gasteiger partial charge < -0.3 is 0 Å². The van der Waals surface area contributed by atoms with Crippen LogP contribution in [0.15, 0.2) is 30.3 Å². The first-order valence-electron chi connectivity index (χ1n) is 6.95. The Balaban J connectivity index is 2.25. The summed E-state index contributed by atoms with van der Waals surface area (Å²) in [5.74, 6) is 5.45. The molecule has 0 bridgehead atoms. The lowest BCUT2D eigenvalue weighted by Gasteiger charge is -2.17. The van der Waals surface area contributed by atoms with Crippen LogP contribution in [0, 0.1) is 5.82 Å². The number of halogens is 1. The molecule has 0 radical (unpaired) electrons. The summed E-state index contributed by atoms with van der Waals surface area (Å²) < 4.78 is 15.2. The highest BCUT2D eigenvalue weighted by atomic mass is 19.1. The summed E-state index contributed by atoms with van der Waals surface area (Å²) in [6, 6.07) is 8.59. The zero-order valence-corrected chi connectivity index (χ0v) is 11.9. The Morgan fingerprint density at radius 3 is 2.75 bits per heavy atom. The van der Waals surface area contributed by atoms with Crippen LogP contribution in [0.5, 0.6) is 0 Å². The normalized spacial score (nSPS) is 12.6. The maximum Gasteiger partial charge on any atom is 0.123 e. The van der Waals surface area contributed by atoms with Gasteiger partial charge in [-0.25, -0.2) is 4.39 Å². The molecule has 1 atom stereocenters. The Labute approximate surface area is 118 Å². The summed E-state index contributed by atoms with van der Waals surface area (Å²) >= 11 is 0. The average molecular weight is 276 g/mol. The van der Waals surface area contributed by atoms with Gasteiger partial charge in [0.05, 0.1) is 17.4 Å². The van der Waals surface area contributed by atoms with Crippen molar-refractivity contribution in [2.24, 2.45) is 5.84 Å². The molecule has 3 N–H and O–H groups in total. The second-order valence-electron chi connectivity index (χ2n) is 4.78. The lowest BCUT2D eigenvalue weighted by Crippen LogP contribution is -2.31. The zero-order valence-electron chi connectivity index (χ0n) is 11.9. The van der Waals surface area contributed by atoms with Gasteiger partial charge in [-0.2, -0.15) is 5.10 Å². The first-order chi connectivity index (χ1) is 9.67. The summed E-state index contributed by atoms with van der Waals surface area (Å²) in [5.41, 5.74) is 5.81. The molecule has 108 valence electrons. The van der Waals surface area contributed by atoms with Crippen molar-refractivity contribution in [1.29, 1.82) is 0 Å². The molecular weight excluding hydrogens is 255 g/mol. The van der Waals surface area contributed by atoms with Crippen molar-refractivity contribution in [2.75, 3.05) is 0 Å². The number of nitrogens with one attached hydrogen (secondary N) is 1. The molecule has 1 heterocycles. The second-order valence-corrected chi connectivity index (χ2v) is 4.78. The van der Waals surface area contributed by atoms with E-state index in [-0.39, 0.29) is 11.9 Å². The van der Waals surface area contributed by atoms with Crippen LogP contribution in [0.2, 0.25) is 0 Å². The van der Waals surface area contributed by atoms with Crippen LogP contribution in [0.3, 0.4) is 0 Å². The van der Waals surface area contributed by atoms with Crippen molar-refractivity contribution in [2.45, 2.75) is 39.3 Å². The number of hydrogen-bond acceptors (Lipinski definition) is 3. The molecule has 5 heteroatoms. The third-order valence-electron chi connectivity index (χ3n) is 3.41. The number of aryl methyl sites for hydroxylation is 2. The SMILES string of the molecule is CCc1cc(C(Cc2cccc(F)c2)NN)n(CC)n1. The Morgan fingerprint density at radius 1 is 1.35 bits per heavy atom. The van der Waals surface area contributed by atoms with Gasteiger partial charge in [0.2, 0.25) is 0 Å². The van der Waals surface area contributed by atoms with Gasteiger partial charge in [-0.15, -0.1) is 0 Å². The lowest BCUT2D eigenvalue weighted by atomic mass is 10.0. The fourth-order valence-corrected chi connectivity index (χ4v) is 2.34. The fourth-order valence-electron chi connectivity index (χ4n) is 2.34. The minimum atomic E-state index is -0.225. The molecule has 2 rings (SSSR count). The molecule has 4 nitrogen and oxygen atoms in total. The van der Waals surface area contributed by atoms with Crippen LogP contribution in [0.4, 0.5) is 4.39 Å². The van der Waals surface area contributed by atoms with E-state index in [0.29, 0.717) is 6.42 Å². The summed E-state index contributed by atoms with van der Waals surface area (Å²) in [5, 5.41) is 4.52. The summed E-state index contributed by atoms with van der Waals surface area (Å²) in [4.78, 5) is 0. The Hall–Kier alpha value is -1.72. The smallest absolute Gasteiger partial charge is 0.123 e. The van der Waals surface area contributed by atoms with Gasteiger partial charge in [0, 0.05) is 6.54 Å². The van der Waals surface area contributed by atoms with Gasteiger partial charge in [-0.3, -0.25) is 16.0 Å². The monoisotopic (exact) mass is 276 g/mol. The third kappa shape index (κ3) is 3.23. The molecule has 0 saturated carbocycles. The van der Waals surface area contributed by atoms with E-state index in [4.69, 9.17) is 5.84 Å². The van der Waals surface area contributed by atoms with Crippen molar-refractivity contribution >= 4 is 0 Å². The highest BCUT2D eigenvalue weighted by molar-refractivity contribution is 5.22. The van der Waals surface area contributed by atoms with Gasteiger partial charge in [0.15, 0.2) is 0 Å². The van der Waals surface area contributed by atoms with E-state index in [1.54, 1.807) is 6.07 Å². The van der Waals surface area contributed by atoms with Crippen molar-refractivity contribution in [3.05, 3.63) is 53.1 Å². The topological polar surface area (TPSA) is 55.9 Å². The third-order valence-corrected chi connectivity index (χ3v) is 3.41. The molecule has 0 fully saturated rings. The van der Waals surface area contributed by atoms with Crippen LogP contribution >= 0.6 is 0 Å². The van der Waals surface area contributed by atoms with Gasteiger partial charge in [-0.1, -0.05) is 19.1 Å². The molecule has 0 aliphatic carbocycles. The van der Waals surface area contributed by atoms with E-state index < -0.39 is 0 Å². The van der Waals surface area contributed by atoms with E-state index in [1.165, 1.54) is 12.1 Å². The molecule has 1 aromatic carbocycles. The largest absolute Gasteiger partial charge is 0.271 e. The summed E-state index contributed by atoms with van der Waals surface area (Å²) in [6.07, 6.45) is 1.51. The van der Waals surface area contributed by atoms with Gasteiger partial charge in [-0.05, 0) is 43.5 Å². The number of hydrazine groups is 1. The maximum absolute atomic E-state index is 13.3. The van der Waals surface area contributed by atoms with E-state index in [0.717, 1.165) is 29.9 Å². The molecule has 1 aromatic heterocycles. The fraction of sp³-hybridized carbons (Fsp3) is 0.400. The van der Waals surface area contributed by atoms with Crippen LogP contribution in [0.1, 0.15) is 36.8 Å². The molecule has 0 saturated heterocycles. The van der Waals surface area contributed by atoms with Crippen molar-refractivity contribution < 1.29 is 4.39 Å². The van der Waals surface area contributed by atoms with Crippen LogP contribution in [-0.4, -0.2) is 9.78 Å². The van der Waals surface area contributed by atoms with Gasteiger partial charge >= 0.3 is 0 Å². The number of rotatable bonds is 6. The lowest BCUT2D eigenvalue weighted by molar-refractivity contribution is 0.488. The van der Waals surface area contributed by atoms with E-state index in [9.17, 15) is 4.39 Å². The zero-order chi connectivity index (χ0) is 14.5. The summed E-state index contributed by atoms with van der Waals surface area (Å²) in [6.45, 7) is 4.91. The number of aromatic nitrogens is 2. The van der Waals surface area contributed by atoms with Crippen molar-refractivity contribution in [1.82, 2.24) is 15.2 Å². The highest BCUT2D eigenvalue weighted by Crippen LogP contribution is 2.20. The van der Waals surface area contributed by atoms with E-state index in [2.05, 4.69) is 23.5 Å². The predicted molar refractivity (Wildman–Crippen MR) is 77.4 cm³/mol. The maximum atomic E-state index is 13.3. The summed E-state index contributed by atoms with van der Waals surface area (Å²) in [7, 11) is 0. The highest BCUT2D eigenvalue weighted by Gasteiger charge is 2.17. The van der Waals surface area contributed by atoms with E-state index in [1.807, 2.05) is 17.7 Å². The molecule has 2 aromatic rings. The van der Waals surface area contributed by atoms with Gasteiger partial charge in [0.25, 0.3) is 0 Å². The number of nitrogens with two attached hydrogens (primary N) is 1.